The number of nitrogens with one attached hydrogen (secondary N) is 3. The second-order valence-corrected chi connectivity index (χ2v) is 8.11. The maximum Gasteiger partial charge on any atom is 0.321 e. The second kappa shape index (κ2) is 8.90. The summed E-state index contributed by atoms with van der Waals surface area (Å²) in [6.07, 6.45) is 0. The average molecular weight is 391 g/mol. The summed E-state index contributed by atoms with van der Waals surface area (Å²) in [4.78, 5) is 27.7. The lowest BCUT2D eigenvalue weighted by Gasteiger charge is -2.20. The molecule has 0 bridgehead atoms. The lowest BCUT2D eigenvalue weighted by atomic mass is 10.1. The molecular formula is C18H25N5O3S. The summed E-state index contributed by atoms with van der Waals surface area (Å²) in [5, 5.41) is 12.2. The number of ether oxygens (including phenoxy) is 1. The fourth-order valence-electron chi connectivity index (χ4n) is 2.08. The van der Waals surface area contributed by atoms with E-state index in [1.165, 1.54) is 0 Å². The van der Waals surface area contributed by atoms with Crippen LogP contribution in [0.2, 0.25) is 0 Å². The van der Waals surface area contributed by atoms with Crippen LogP contribution in [0.25, 0.3) is 0 Å². The highest BCUT2D eigenvalue weighted by molar-refractivity contribution is 7.99. The standard InChI is InChI=1S/C18H25N5O3S/c1-11-6-7-12(2)13(8-11)26-9-14-19-17(23-22-14)27-10-15(24)20-16(25)21-18(3,4)5/h6-8H,9-10H2,1-5H3,(H,19,22,23)(H2,20,21,24,25). The van der Waals surface area contributed by atoms with Crippen molar-refractivity contribution in [1.82, 2.24) is 25.8 Å². The zero-order chi connectivity index (χ0) is 20.0. The van der Waals surface area contributed by atoms with Crippen LogP contribution in [0.4, 0.5) is 4.79 Å². The molecule has 0 unspecified atom stereocenters. The molecule has 0 aliphatic heterocycles. The number of hydrogen-bond donors (Lipinski definition) is 3. The second-order valence-electron chi connectivity index (χ2n) is 7.16. The van der Waals surface area contributed by atoms with E-state index in [0.29, 0.717) is 11.0 Å². The SMILES string of the molecule is Cc1ccc(C)c(OCc2nc(SCC(=O)NC(=O)NC(C)(C)C)n[nH]2)c1. The molecule has 0 saturated carbocycles. The molecule has 0 saturated heterocycles. The molecule has 2 aromatic rings. The third-order valence-corrected chi connectivity index (χ3v) is 4.14. The van der Waals surface area contributed by atoms with Gasteiger partial charge in [0.2, 0.25) is 11.1 Å². The number of aromatic amines is 1. The number of aromatic nitrogens is 3. The number of benzene rings is 1. The van der Waals surface area contributed by atoms with Gasteiger partial charge in [-0.05, 0) is 51.8 Å². The van der Waals surface area contributed by atoms with E-state index in [1.807, 2.05) is 52.8 Å². The number of aryl methyl sites for hydroxylation is 2. The number of rotatable bonds is 6. The Labute approximate surface area is 162 Å². The number of amides is 3. The van der Waals surface area contributed by atoms with E-state index in [4.69, 9.17) is 4.74 Å². The lowest BCUT2D eigenvalue weighted by Crippen LogP contribution is -2.48. The molecule has 0 radical (unpaired) electrons. The van der Waals surface area contributed by atoms with Gasteiger partial charge in [-0.25, -0.2) is 9.78 Å². The summed E-state index contributed by atoms with van der Waals surface area (Å²) in [6.45, 7) is 9.73. The molecule has 2 rings (SSSR count). The predicted molar refractivity (Wildman–Crippen MR) is 104 cm³/mol. The molecule has 146 valence electrons. The van der Waals surface area contributed by atoms with E-state index < -0.39 is 17.5 Å². The van der Waals surface area contributed by atoms with Crippen LogP contribution in [-0.2, 0) is 11.4 Å². The molecule has 8 nitrogen and oxygen atoms in total. The zero-order valence-electron chi connectivity index (χ0n) is 16.2. The van der Waals surface area contributed by atoms with Crippen LogP contribution in [0.1, 0.15) is 37.7 Å². The van der Waals surface area contributed by atoms with Gasteiger partial charge < -0.3 is 10.1 Å². The van der Waals surface area contributed by atoms with E-state index in [9.17, 15) is 9.59 Å². The number of H-pyrrole nitrogens is 1. The van der Waals surface area contributed by atoms with Crippen molar-refractivity contribution in [1.29, 1.82) is 0 Å². The van der Waals surface area contributed by atoms with Crippen LogP contribution < -0.4 is 15.4 Å². The van der Waals surface area contributed by atoms with Crippen molar-refractivity contribution in [2.75, 3.05) is 5.75 Å². The molecule has 1 aromatic heterocycles. The summed E-state index contributed by atoms with van der Waals surface area (Å²) in [6, 6.07) is 5.47. The molecule has 1 heterocycles. The molecule has 0 fully saturated rings. The number of carbonyl (C=O) groups is 2. The topological polar surface area (TPSA) is 109 Å². The fraction of sp³-hybridized carbons (Fsp3) is 0.444. The number of hydrogen-bond acceptors (Lipinski definition) is 6. The number of imide groups is 1. The maximum atomic E-state index is 11.8. The number of thioether (sulfide) groups is 1. The van der Waals surface area contributed by atoms with E-state index in [-0.39, 0.29) is 12.4 Å². The first kappa shape index (κ1) is 20.8. The molecule has 3 amide bonds. The van der Waals surface area contributed by atoms with Crippen LogP contribution in [0, 0.1) is 13.8 Å². The third kappa shape index (κ3) is 7.30. The Kier molecular flexibility index (Phi) is 6.84. The summed E-state index contributed by atoms with van der Waals surface area (Å²) >= 11 is 1.14. The van der Waals surface area contributed by atoms with E-state index >= 15 is 0 Å². The van der Waals surface area contributed by atoms with Gasteiger partial charge in [-0.2, -0.15) is 0 Å². The van der Waals surface area contributed by atoms with Crippen molar-refractivity contribution >= 4 is 23.7 Å². The van der Waals surface area contributed by atoms with Crippen LogP contribution in [0.3, 0.4) is 0 Å². The Morgan fingerprint density at radius 1 is 1.26 bits per heavy atom. The lowest BCUT2D eigenvalue weighted by molar-refractivity contribution is -0.117. The van der Waals surface area contributed by atoms with Gasteiger partial charge in [-0.15, -0.1) is 5.10 Å². The first-order chi connectivity index (χ1) is 12.6. The number of nitrogens with zero attached hydrogens (tertiary/aromatic N) is 2. The van der Waals surface area contributed by atoms with Gasteiger partial charge in [-0.1, -0.05) is 23.9 Å². The molecule has 9 heteroatoms. The summed E-state index contributed by atoms with van der Waals surface area (Å²) in [5.74, 6) is 0.973. The zero-order valence-corrected chi connectivity index (χ0v) is 17.0. The highest BCUT2D eigenvalue weighted by Crippen LogP contribution is 2.20. The number of carbonyl (C=O) groups excluding carboxylic acids is 2. The van der Waals surface area contributed by atoms with Crippen molar-refractivity contribution in [3.63, 3.8) is 0 Å². The van der Waals surface area contributed by atoms with Crippen LogP contribution in [0.15, 0.2) is 23.4 Å². The van der Waals surface area contributed by atoms with Crippen molar-refractivity contribution in [2.24, 2.45) is 0 Å². The number of urea groups is 1. The fourth-order valence-corrected chi connectivity index (χ4v) is 2.70. The first-order valence-corrected chi connectivity index (χ1v) is 9.47. The Morgan fingerprint density at radius 3 is 2.70 bits per heavy atom. The quantitative estimate of drug-likeness (QED) is 0.653. The predicted octanol–water partition coefficient (Wildman–Crippen LogP) is 2.72. The Balaban J connectivity index is 1.79. The molecule has 0 spiro atoms. The van der Waals surface area contributed by atoms with Gasteiger partial charge in [0, 0.05) is 5.54 Å². The highest BCUT2D eigenvalue weighted by atomic mass is 32.2. The Morgan fingerprint density at radius 2 is 2.00 bits per heavy atom. The van der Waals surface area contributed by atoms with E-state index in [2.05, 4.69) is 25.8 Å². The van der Waals surface area contributed by atoms with Gasteiger partial charge in [0.1, 0.15) is 12.4 Å². The van der Waals surface area contributed by atoms with Crippen molar-refractivity contribution in [2.45, 2.75) is 51.9 Å². The van der Waals surface area contributed by atoms with Crippen molar-refractivity contribution in [3.8, 4) is 5.75 Å². The van der Waals surface area contributed by atoms with Crippen molar-refractivity contribution < 1.29 is 14.3 Å². The normalized spacial score (nSPS) is 11.1. The van der Waals surface area contributed by atoms with Gasteiger partial charge in [0.15, 0.2) is 5.82 Å². The minimum atomic E-state index is -0.522. The van der Waals surface area contributed by atoms with E-state index in [0.717, 1.165) is 28.6 Å². The van der Waals surface area contributed by atoms with E-state index in [1.54, 1.807) is 0 Å². The van der Waals surface area contributed by atoms with Gasteiger partial charge in [-0.3, -0.25) is 15.2 Å². The highest BCUT2D eigenvalue weighted by Gasteiger charge is 2.16. The summed E-state index contributed by atoms with van der Waals surface area (Å²) in [5.41, 5.74) is 1.75. The van der Waals surface area contributed by atoms with Gasteiger partial charge in [0.25, 0.3) is 0 Å². The minimum Gasteiger partial charge on any atom is -0.485 e. The largest absolute Gasteiger partial charge is 0.485 e. The van der Waals surface area contributed by atoms with Crippen LogP contribution in [-0.4, -0.2) is 38.4 Å². The molecule has 3 N–H and O–H groups in total. The monoisotopic (exact) mass is 391 g/mol. The summed E-state index contributed by atoms with van der Waals surface area (Å²) < 4.78 is 5.77. The van der Waals surface area contributed by atoms with Crippen LogP contribution >= 0.6 is 11.8 Å². The minimum absolute atomic E-state index is 0.0344. The Bertz CT molecular complexity index is 814. The van der Waals surface area contributed by atoms with Crippen molar-refractivity contribution in [3.05, 3.63) is 35.2 Å². The molecule has 1 aromatic carbocycles. The Hall–Kier alpha value is -2.55. The molecule has 0 atom stereocenters. The summed E-state index contributed by atoms with van der Waals surface area (Å²) in [7, 11) is 0. The molecule has 0 aliphatic carbocycles. The first-order valence-electron chi connectivity index (χ1n) is 8.48. The molecular weight excluding hydrogens is 366 g/mol. The molecule has 0 aliphatic rings. The maximum absolute atomic E-state index is 11.8. The van der Waals surface area contributed by atoms with Gasteiger partial charge in [0.05, 0.1) is 5.75 Å². The third-order valence-electron chi connectivity index (χ3n) is 3.29. The smallest absolute Gasteiger partial charge is 0.321 e. The molecule has 27 heavy (non-hydrogen) atoms. The van der Waals surface area contributed by atoms with Crippen LogP contribution in [0.5, 0.6) is 5.75 Å². The van der Waals surface area contributed by atoms with Gasteiger partial charge >= 0.3 is 6.03 Å². The average Bonchev–Trinajstić information content (AvgIpc) is 3.00.